The summed E-state index contributed by atoms with van der Waals surface area (Å²) in [6.07, 6.45) is 2.48. The van der Waals surface area contributed by atoms with E-state index >= 15 is 0 Å². The average molecular weight is 277 g/mol. The van der Waals surface area contributed by atoms with Gasteiger partial charge in [0.15, 0.2) is 5.78 Å². The van der Waals surface area contributed by atoms with E-state index < -0.39 is 4.92 Å². The lowest BCUT2D eigenvalue weighted by Crippen LogP contribution is -2.27. The lowest BCUT2D eigenvalue weighted by Gasteiger charge is -2.16. The number of nitrogens with zero attached hydrogens (tertiary/aromatic N) is 2. The number of Topliss-reactive ketones (excluding diaryl/α,β-unsaturated/α-hetero) is 1. The van der Waals surface area contributed by atoms with E-state index in [4.69, 9.17) is 0 Å². The zero-order valence-corrected chi connectivity index (χ0v) is 11.8. The number of carbonyl (C=O) groups excluding carboxylic acids is 1. The first-order chi connectivity index (χ1) is 9.49. The molecule has 1 aromatic carbocycles. The summed E-state index contributed by atoms with van der Waals surface area (Å²) >= 11 is 0. The van der Waals surface area contributed by atoms with Crippen LogP contribution < -0.4 is 5.32 Å². The van der Waals surface area contributed by atoms with Crippen LogP contribution in [-0.4, -0.2) is 41.8 Å². The number of hydrogen-bond donors (Lipinski definition) is 1. The number of rotatable bonds is 7. The molecule has 0 bridgehead atoms. The highest BCUT2D eigenvalue weighted by Crippen LogP contribution is 2.27. The molecule has 0 atom stereocenters. The normalized spacial score (nSPS) is 14.3. The minimum atomic E-state index is -0.459. The Morgan fingerprint density at radius 3 is 2.75 bits per heavy atom. The van der Waals surface area contributed by atoms with Crippen molar-refractivity contribution in [2.75, 3.05) is 25.5 Å². The summed E-state index contributed by atoms with van der Waals surface area (Å²) in [5, 5.41) is 14.1. The van der Waals surface area contributed by atoms with Crippen molar-refractivity contribution < 1.29 is 9.72 Å². The Morgan fingerprint density at radius 1 is 1.50 bits per heavy atom. The zero-order chi connectivity index (χ0) is 14.7. The third-order valence-corrected chi connectivity index (χ3v) is 3.55. The maximum Gasteiger partial charge on any atom is 0.293 e. The minimum Gasteiger partial charge on any atom is -0.378 e. The molecule has 1 N–H and O–H groups in total. The summed E-state index contributed by atoms with van der Waals surface area (Å²) in [6, 6.07) is 5.22. The van der Waals surface area contributed by atoms with Crippen molar-refractivity contribution in [1.29, 1.82) is 0 Å². The van der Waals surface area contributed by atoms with Gasteiger partial charge in [-0.3, -0.25) is 14.9 Å². The Kier molecular flexibility index (Phi) is 4.34. The summed E-state index contributed by atoms with van der Waals surface area (Å²) in [7, 11) is 2.06. The Bertz CT molecular complexity index is 526. The van der Waals surface area contributed by atoms with Gasteiger partial charge in [0, 0.05) is 30.8 Å². The highest BCUT2D eigenvalue weighted by molar-refractivity contribution is 5.95. The van der Waals surface area contributed by atoms with Crippen LogP contribution in [0.2, 0.25) is 0 Å². The fraction of sp³-hybridized carbons (Fsp3) is 0.500. The third kappa shape index (κ3) is 3.54. The van der Waals surface area contributed by atoms with Crippen molar-refractivity contribution in [3.8, 4) is 0 Å². The van der Waals surface area contributed by atoms with Crippen LogP contribution in [0.15, 0.2) is 18.2 Å². The number of ketones is 1. The van der Waals surface area contributed by atoms with Gasteiger partial charge in [0.05, 0.1) is 4.92 Å². The first-order valence-corrected chi connectivity index (χ1v) is 6.72. The van der Waals surface area contributed by atoms with Gasteiger partial charge in [0.2, 0.25) is 0 Å². The molecule has 1 fully saturated rings. The molecule has 0 amide bonds. The van der Waals surface area contributed by atoms with E-state index in [9.17, 15) is 14.9 Å². The van der Waals surface area contributed by atoms with Crippen molar-refractivity contribution in [2.24, 2.45) is 0 Å². The van der Waals surface area contributed by atoms with Gasteiger partial charge in [-0.25, -0.2) is 0 Å². The van der Waals surface area contributed by atoms with Gasteiger partial charge < -0.3 is 10.2 Å². The van der Waals surface area contributed by atoms with E-state index in [0.717, 1.165) is 6.54 Å². The standard InChI is InChI=1S/C14H19N3O3/c1-10(18)11-3-6-13(14(9-11)17(19)20)15-7-8-16(2)12-4-5-12/h3,6,9,12,15H,4-5,7-8H2,1-2H3. The number of likely N-dealkylation sites (N-methyl/N-ethyl adjacent to an activating group) is 1. The molecule has 6 heteroatoms. The van der Waals surface area contributed by atoms with Gasteiger partial charge in [0.25, 0.3) is 5.69 Å². The molecule has 0 spiro atoms. The largest absolute Gasteiger partial charge is 0.378 e. The van der Waals surface area contributed by atoms with Crippen LogP contribution in [0.1, 0.15) is 30.1 Å². The van der Waals surface area contributed by atoms with Crippen molar-refractivity contribution in [2.45, 2.75) is 25.8 Å². The van der Waals surface area contributed by atoms with E-state index in [1.807, 2.05) is 0 Å². The smallest absolute Gasteiger partial charge is 0.293 e. The first-order valence-electron chi connectivity index (χ1n) is 6.72. The minimum absolute atomic E-state index is 0.0493. The summed E-state index contributed by atoms with van der Waals surface area (Å²) in [4.78, 5) is 24.1. The van der Waals surface area contributed by atoms with Crippen LogP contribution >= 0.6 is 0 Å². The number of anilines is 1. The molecule has 1 aliphatic rings. The molecule has 1 aliphatic carbocycles. The van der Waals surface area contributed by atoms with Crippen LogP contribution in [0.4, 0.5) is 11.4 Å². The van der Waals surface area contributed by atoms with Crippen molar-refractivity contribution in [3.05, 3.63) is 33.9 Å². The molecule has 108 valence electrons. The molecule has 2 rings (SSSR count). The molecule has 0 aromatic heterocycles. The van der Waals surface area contributed by atoms with Crippen molar-refractivity contribution >= 4 is 17.2 Å². The lowest BCUT2D eigenvalue weighted by molar-refractivity contribution is -0.384. The monoisotopic (exact) mass is 277 g/mol. The predicted octanol–water partition coefficient (Wildman–Crippen LogP) is 2.30. The fourth-order valence-corrected chi connectivity index (χ4v) is 2.12. The van der Waals surface area contributed by atoms with Gasteiger partial charge in [0.1, 0.15) is 5.69 Å². The van der Waals surface area contributed by atoms with E-state index in [1.54, 1.807) is 12.1 Å². The summed E-state index contributed by atoms with van der Waals surface area (Å²) in [5.41, 5.74) is 0.772. The zero-order valence-electron chi connectivity index (χ0n) is 11.8. The van der Waals surface area contributed by atoms with E-state index in [1.165, 1.54) is 25.8 Å². The van der Waals surface area contributed by atoms with E-state index in [-0.39, 0.29) is 11.5 Å². The number of nitro groups is 1. The molecule has 1 aromatic rings. The molecule has 0 saturated heterocycles. The molecule has 0 heterocycles. The van der Waals surface area contributed by atoms with E-state index in [0.29, 0.717) is 23.8 Å². The topological polar surface area (TPSA) is 75.5 Å². The Balaban J connectivity index is 2.02. The van der Waals surface area contributed by atoms with Crippen LogP contribution in [0.5, 0.6) is 0 Å². The molecule has 6 nitrogen and oxygen atoms in total. The number of benzene rings is 1. The second-order valence-corrected chi connectivity index (χ2v) is 5.18. The van der Waals surface area contributed by atoms with Crippen molar-refractivity contribution in [1.82, 2.24) is 4.90 Å². The summed E-state index contributed by atoms with van der Waals surface area (Å²) in [6.45, 7) is 2.89. The number of nitrogens with one attached hydrogen (secondary N) is 1. The summed E-state index contributed by atoms with van der Waals surface area (Å²) in [5.74, 6) is -0.173. The second-order valence-electron chi connectivity index (χ2n) is 5.18. The number of nitro benzene ring substituents is 1. The third-order valence-electron chi connectivity index (χ3n) is 3.55. The van der Waals surface area contributed by atoms with Crippen LogP contribution in [-0.2, 0) is 0 Å². The molecular weight excluding hydrogens is 258 g/mol. The quantitative estimate of drug-likeness (QED) is 0.470. The van der Waals surface area contributed by atoms with E-state index in [2.05, 4.69) is 17.3 Å². The SMILES string of the molecule is CC(=O)c1ccc(NCCN(C)C2CC2)c([N+](=O)[O-])c1. The molecule has 0 unspecified atom stereocenters. The van der Waals surface area contributed by atoms with Gasteiger partial charge in [-0.15, -0.1) is 0 Å². The molecular formula is C14H19N3O3. The fourth-order valence-electron chi connectivity index (χ4n) is 2.12. The summed E-state index contributed by atoms with van der Waals surface area (Å²) < 4.78 is 0. The van der Waals surface area contributed by atoms with Crippen LogP contribution in [0.3, 0.4) is 0 Å². The molecule has 0 aliphatic heterocycles. The Hall–Kier alpha value is -1.95. The molecule has 20 heavy (non-hydrogen) atoms. The Labute approximate surface area is 117 Å². The molecule has 0 radical (unpaired) electrons. The van der Waals surface area contributed by atoms with Crippen LogP contribution in [0, 0.1) is 10.1 Å². The van der Waals surface area contributed by atoms with Crippen molar-refractivity contribution in [3.63, 3.8) is 0 Å². The highest BCUT2D eigenvalue weighted by Gasteiger charge is 2.25. The van der Waals surface area contributed by atoms with Gasteiger partial charge >= 0.3 is 0 Å². The molecule has 1 saturated carbocycles. The first kappa shape index (κ1) is 14.5. The highest BCUT2D eigenvalue weighted by atomic mass is 16.6. The lowest BCUT2D eigenvalue weighted by atomic mass is 10.1. The number of hydrogen-bond acceptors (Lipinski definition) is 5. The Morgan fingerprint density at radius 2 is 2.20 bits per heavy atom. The second kappa shape index (κ2) is 6.00. The van der Waals surface area contributed by atoms with Gasteiger partial charge in [-0.2, -0.15) is 0 Å². The maximum absolute atomic E-state index is 11.3. The number of carbonyl (C=O) groups is 1. The van der Waals surface area contributed by atoms with Gasteiger partial charge in [-0.1, -0.05) is 0 Å². The van der Waals surface area contributed by atoms with Crippen LogP contribution in [0.25, 0.3) is 0 Å². The maximum atomic E-state index is 11.3. The predicted molar refractivity (Wildman–Crippen MR) is 77.2 cm³/mol. The average Bonchev–Trinajstić information content (AvgIpc) is 3.22. The van der Waals surface area contributed by atoms with Gasteiger partial charge in [-0.05, 0) is 38.9 Å².